The number of aliphatic imine (C=N–C) groups is 1. The highest BCUT2D eigenvalue weighted by atomic mass is 16.6. The maximum Gasteiger partial charge on any atom is 0.271 e. The predicted molar refractivity (Wildman–Crippen MR) is 112 cm³/mol. The van der Waals surface area contributed by atoms with Crippen LogP contribution in [0, 0.1) is 10.1 Å². The molecule has 6 nitrogen and oxygen atoms in total. The summed E-state index contributed by atoms with van der Waals surface area (Å²) in [7, 11) is 0. The van der Waals surface area contributed by atoms with Crippen LogP contribution in [0.15, 0.2) is 71.7 Å². The van der Waals surface area contributed by atoms with Crippen molar-refractivity contribution in [2.45, 2.75) is 13.8 Å². The largest absolute Gasteiger partial charge is 0.325 e. The molecule has 0 bridgehead atoms. The number of nitrogens with one attached hydrogen (secondary N) is 1. The van der Waals surface area contributed by atoms with E-state index in [1.165, 1.54) is 6.07 Å². The molecule has 0 radical (unpaired) electrons. The first-order valence-electron chi connectivity index (χ1n) is 8.95. The Morgan fingerprint density at radius 3 is 2.56 bits per heavy atom. The highest BCUT2D eigenvalue weighted by molar-refractivity contribution is 6.09. The van der Waals surface area contributed by atoms with Crippen molar-refractivity contribution in [2.24, 2.45) is 4.99 Å². The number of benzene rings is 3. The normalized spacial score (nSPS) is 11.4. The fraction of sp³-hybridized carbons (Fsp3) is 0.190. The van der Waals surface area contributed by atoms with Gasteiger partial charge in [0.2, 0.25) is 5.96 Å². The molecule has 0 aliphatic heterocycles. The number of anilines is 2. The minimum absolute atomic E-state index is 0.0620. The molecule has 0 fully saturated rings. The first-order chi connectivity index (χ1) is 13.1. The third-order valence-corrected chi connectivity index (χ3v) is 4.27. The van der Waals surface area contributed by atoms with Gasteiger partial charge in [0.1, 0.15) is 0 Å². The Kier molecular flexibility index (Phi) is 5.66. The molecule has 6 heteroatoms. The average Bonchev–Trinajstić information content (AvgIpc) is 2.69. The van der Waals surface area contributed by atoms with E-state index in [0.717, 1.165) is 22.1 Å². The number of rotatable bonds is 5. The lowest BCUT2D eigenvalue weighted by Crippen LogP contribution is -2.36. The molecular formula is C21H22N4O2. The molecule has 0 saturated heterocycles. The molecule has 0 aliphatic rings. The van der Waals surface area contributed by atoms with Crippen LogP contribution < -0.4 is 10.2 Å². The molecule has 3 aromatic rings. The summed E-state index contributed by atoms with van der Waals surface area (Å²) in [5, 5.41) is 16.8. The number of non-ortho nitro benzene ring substituents is 1. The van der Waals surface area contributed by atoms with E-state index < -0.39 is 0 Å². The number of nitrogens with zero attached hydrogens (tertiary/aromatic N) is 3. The van der Waals surface area contributed by atoms with Crippen molar-refractivity contribution >= 4 is 33.8 Å². The van der Waals surface area contributed by atoms with E-state index in [4.69, 9.17) is 0 Å². The summed E-state index contributed by atoms with van der Waals surface area (Å²) in [6.45, 7) is 5.18. The molecule has 0 heterocycles. The highest BCUT2D eigenvalue weighted by Crippen LogP contribution is 2.25. The van der Waals surface area contributed by atoms with Gasteiger partial charge in [0.05, 0.1) is 10.6 Å². The van der Waals surface area contributed by atoms with Crippen LogP contribution in [-0.4, -0.2) is 24.0 Å². The molecule has 138 valence electrons. The van der Waals surface area contributed by atoms with Crippen molar-refractivity contribution in [3.05, 3.63) is 76.8 Å². The van der Waals surface area contributed by atoms with Gasteiger partial charge in [-0.3, -0.25) is 15.1 Å². The lowest BCUT2D eigenvalue weighted by Gasteiger charge is -2.26. The van der Waals surface area contributed by atoms with Gasteiger partial charge in [0, 0.05) is 36.3 Å². The third kappa shape index (κ3) is 4.06. The van der Waals surface area contributed by atoms with Crippen LogP contribution in [0.2, 0.25) is 0 Å². The first kappa shape index (κ1) is 18.4. The topological polar surface area (TPSA) is 70.8 Å². The van der Waals surface area contributed by atoms with Crippen LogP contribution in [0.4, 0.5) is 17.1 Å². The molecule has 0 aliphatic carbocycles. The predicted octanol–water partition coefficient (Wildman–Crippen LogP) is 5.06. The zero-order valence-corrected chi connectivity index (χ0v) is 15.4. The van der Waals surface area contributed by atoms with Crippen molar-refractivity contribution in [1.82, 2.24) is 0 Å². The Morgan fingerprint density at radius 1 is 1.07 bits per heavy atom. The van der Waals surface area contributed by atoms with Crippen molar-refractivity contribution in [2.75, 3.05) is 23.3 Å². The maximum absolute atomic E-state index is 11.1. The van der Waals surface area contributed by atoms with E-state index in [1.54, 1.807) is 12.1 Å². The van der Waals surface area contributed by atoms with Crippen LogP contribution >= 0.6 is 0 Å². The molecule has 1 N–H and O–H groups in total. The number of nitro benzene ring substituents is 1. The second kappa shape index (κ2) is 8.31. The van der Waals surface area contributed by atoms with E-state index >= 15 is 0 Å². The molecule has 0 saturated carbocycles. The van der Waals surface area contributed by atoms with Crippen molar-refractivity contribution in [3.8, 4) is 0 Å². The molecule has 0 atom stereocenters. The van der Waals surface area contributed by atoms with E-state index in [0.29, 0.717) is 19.0 Å². The van der Waals surface area contributed by atoms with E-state index in [1.807, 2.05) is 49.1 Å². The minimum atomic E-state index is -0.383. The fourth-order valence-corrected chi connectivity index (χ4v) is 3.03. The van der Waals surface area contributed by atoms with Gasteiger partial charge in [0.15, 0.2) is 0 Å². The summed E-state index contributed by atoms with van der Waals surface area (Å²) >= 11 is 0. The Labute approximate surface area is 158 Å². The number of nitro groups is 1. The Hall–Kier alpha value is -3.41. The third-order valence-electron chi connectivity index (χ3n) is 4.27. The zero-order chi connectivity index (χ0) is 19.2. The fourth-order valence-electron chi connectivity index (χ4n) is 3.03. The standard InChI is InChI=1S/C21H22N4O2/c1-3-22-21(23-20-14-7-10-16-9-5-6-13-19(16)20)24(4-2)17-11-8-12-18(15-17)25(26)27/h5-15H,3-4H2,1-2H3,(H,22,23). The molecule has 0 amide bonds. The van der Waals surface area contributed by atoms with Crippen molar-refractivity contribution in [1.29, 1.82) is 0 Å². The molecule has 0 aromatic heterocycles. The summed E-state index contributed by atoms with van der Waals surface area (Å²) < 4.78 is 0. The SMILES string of the molecule is CCN=C(Nc1cccc2ccccc12)N(CC)c1cccc([N+](=O)[O-])c1. The molecule has 0 unspecified atom stereocenters. The monoisotopic (exact) mass is 362 g/mol. The smallest absolute Gasteiger partial charge is 0.271 e. The molecule has 3 rings (SSSR count). The number of fused-ring (bicyclic) bond motifs is 1. The second-order valence-corrected chi connectivity index (χ2v) is 5.97. The van der Waals surface area contributed by atoms with Crippen molar-refractivity contribution < 1.29 is 4.92 Å². The van der Waals surface area contributed by atoms with E-state index in [-0.39, 0.29) is 10.6 Å². The van der Waals surface area contributed by atoms with Crippen LogP contribution in [-0.2, 0) is 0 Å². The summed E-state index contributed by atoms with van der Waals surface area (Å²) in [5.41, 5.74) is 1.74. The van der Waals surface area contributed by atoms with Gasteiger partial charge in [-0.05, 0) is 31.4 Å². The van der Waals surface area contributed by atoms with Gasteiger partial charge in [-0.2, -0.15) is 0 Å². The zero-order valence-electron chi connectivity index (χ0n) is 15.4. The molecular weight excluding hydrogens is 340 g/mol. The second-order valence-electron chi connectivity index (χ2n) is 5.97. The van der Waals surface area contributed by atoms with Gasteiger partial charge >= 0.3 is 0 Å². The average molecular weight is 362 g/mol. The van der Waals surface area contributed by atoms with Crippen LogP contribution in [0.1, 0.15) is 13.8 Å². The Bertz CT molecular complexity index is 979. The number of guanidine groups is 1. The molecule has 0 spiro atoms. The van der Waals surface area contributed by atoms with Gasteiger partial charge in [-0.15, -0.1) is 0 Å². The lowest BCUT2D eigenvalue weighted by molar-refractivity contribution is -0.384. The minimum Gasteiger partial charge on any atom is -0.325 e. The lowest BCUT2D eigenvalue weighted by atomic mass is 10.1. The van der Waals surface area contributed by atoms with Gasteiger partial charge in [-0.25, -0.2) is 0 Å². The van der Waals surface area contributed by atoms with Crippen molar-refractivity contribution in [3.63, 3.8) is 0 Å². The Morgan fingerprint density at radius 2 is 1.81 bits per heavy atom. The van der Waals surface area contributed by atoms with Crippen LogP contribution in [0.25, 0.3) is 10.8 Å². The molecule has 3 aromatic carbocycles. The summed E-state index contributed by atoms with van der Waals surface area (Å²) in [6.07, 6.45) is 0. The highest BCUT2D eigenvalue weighted by Gasteiger charge is 2.16. The van der Waals surface area contributed by atoms with Gasteiger partial charge in [-0.1, -0.05) is 42.5 Å². The first-order valence-corrected chi connectivity index (χ1v) is 8.95. The van der Waals surface area contributed by atoms with Crippen LogP contribution in [0.3, 0.4) is 0 Å². The van der Waals surface area contributed by atoms with Gasteiger partial charge < -0.3 is 10.2 Å². The van der Waals surface area contributed by atoms with E-state index in [2.05, 4.69) is 28.5 Å². The number of hydrogen-bond acceptors (Lipinski definition) is 3. The number of hydrogen-bond donors (Lipinski definition) is 1. The quantitative estimate of drug-likeness (QED) is 0.298. The summed E-state index contributed by atoms with van der Waals surface area (Å²) in [4.78, 5) is 17.3. The van der Waals surface area contributed by atoms with E-state index in [9.17, 15) is 10.1 Å². The Balaban J connectivity index is 2.00. The van der Waals surface area contributed by atoms with Crippen LogP contribution in [0.5, 0.6) is 0 Å². The summed E-state index contributed by atoms with van der Waals surface area (Å²) in [6, 6.07) is 20.8. The van der Waals surface area contributed by atoms with Gasteiger partial charge in [0.25, 0.3) is 5.69 Å². The maximum atomic E-state index is 11.1. The summed E-state index contributed by atoms with van der Waals surface area (Å²) in [5.74, 6) is 0.664. The molecule has 27 heavy (non-hydrogen) atoms.